The number of carbonyl (C=O) groups is 1. The molecule has 1 aliphatic heterocycles. The number of amides is 1. The first-order valence-electron chi connectivity index (χ1n) is 8.08. The molecule has 1 aliphatic rings. The second-order valence-electron chi connectivity index (χ2n) is 5.65. The third kappa shape index (κ3) is 4.83. The Morgan fingerprint density at radius 3 is 2.81 bits per heavy atom. The molecule has 0 bridgehead atoms. The van der Waals surface area contributed by atoms with E-state index in [4.69, 9.17) is 0 Å². The summed E-state index contributed by atoms with van der Waals surface area (Å²) in [7, 11) is 0. The number of nitrogens with zero attached hydrogens (tertiary/aromatic N) is 1. The molecule has 2 N–H and O–H groups in total. The molecule has 0 radical (unpaired) electrons. The van der Waals surface area contributed by atoms with Crippen molar-refractivity contribution in [3.05, 3.63) is 29.8 Å². The first kappa shape index (κ1) is 16.0. The number of benzene rings is 1. The predicted octanol–water partition coefficient (Wildman–Crippen LogP) is 2.61. The molecule has 1 heterocycles. The standard InChI is InChI=1S/C17H27N3O/c1-3-20(4-2)13-14-8-7-9-15(12-14)19-17(21)16-10-5-6-11-18-16/h7-9,12,16,18H,3-6,10-11,13H2,1-2H3,(H,19,21). The summed E-state index contributed by atoms with van der Waals surface area (Å²) in [4.78, 5) is 14.6. The van der Waals surface area contributed by atoms with Gasteiger partial charge in [-0.25, -0.2) is 0 Å². The maximum absolute atomic E-state index is 12.2. The Kier molecular flexibility index (Phi) is 6.21. The highest BCUT2D eigenvalue weighted by molar-refractivity contribution is 5.94. The molecule has 2 rings (SSSR count). The quantitative estimate of drug-likeness (QED) is 0.846. The Morgan fingerprint density at radius 2 is 2.14 bits per heavy atom. The average Bonchev–Trinajstić information content (AvgIpc) is 2.53. The van der Waals surface area contributed by atoms with Gasteiger partial charge in [-0.3, -0.25) is 9.69 Å². The Labute approximate surface area is 127 Å². The summed E-state index contributed by atoms with van der Waals surface area (Å²) in [5.74, 6) is 0.0923. The van der Waals surface area contributed by atoms with Gasteiger partial charge in [0.15, 0.2) is 0 Å². The summed E-state index contributed by atoms with van der Waals surface area (Å²) in [5, 5.41) is 6.33. The third-order valence-corrected chi connectivity index (χ3v) is 4.12. The first-order valence-corrected chi connectivity index (χ1v) is 8.08. The molecule has 1 aromatic rings. The SMILES string of the molecule is CCN(CC)Cc1cccc(NC(=O)C2CCCCN2)c1. The molecule has 4 nitrogen and oxygen atoms in total. The Balaban J connectivity index is 1.95. The van der Waals surface area contributed by atoms with Crippen molar-refractivity contribution in [1.82, 2.24) is 10.2 Å². The fourth-order valence-electron chi connectivity index (χ4n) is 2.76. The van der Waals surface area contributed by atoms with Gasteiger partial charge in [-0.05, 0) is 50.2 Å². The number of hydrogen-bond donors (Lipinski definition) is 2. The van der Waals surface area contributed by atoms with Crippen molar-refractivity contribution in [2.45, 2.75) is 45.7 Å². The van der Waals surface area contributed by atoms with Crippen LogP contribution >= 0.6 is 0 Å². The highest BCUT2D eigenvalue weighted by Crippen LogP contribution is 2.15. The van der Waals surface area contributed by atoms with E-state index in [2.05, 4.69) is 41.5 Å². The number of piperidine rings is 1. The van der Waals surface area contributed by atoms with E-state index in [1.807, 2.05) is 12.1 Å². The van der Waals surface area contributed by atoms with Gasteiger partial charge in [0, 0.05) is 12.2 Å². The fraction of sp³-hybridized carbons (Fsp3) is 0.588. The summed E-state index contributed by atoms with van der Waals surface area (Å²) in [6.07, 6.45) is 3.24. The van der Waals surface area contributed by atoms with Gasteiger partial charge in [-0.2, -0.15) is 0 Å². The second kappa shape index (κ2) is 8.15. The van der Waals surface area contributed by atoms with E-state index in [-0.39, 0.29) is 11.9 Å². The molecule has 0 spiro atoms. The van der Waals surface area contributed by atoms with Crippen LogP contribution in [0.25, 0.3) is 0 Å². The normalized spacial score (nSPS) is 18.7. The molecule has 1 fully saturated rings. The van der Waals surface area contributed by atoms with Crippen LogP contribution < -0.4 is 10.6 Å². The van der Waals surface area contributed by atoms with Crippen LogP contribution in [0.4, 0.5) is 5.69 Å². The minimum absolute atomic E-state index is 0.0369. The summed E-state index contributed by atoms with van der Waals surface area (Å²) >= 11 is 0. The van der Waals surface area contributed by atoms with Crippen LogP contribution in [0.5, 0.6) is 0 Å². The van der Waals surface area contributed by atoms with Crippen molar-refractivity contribution in [2.24, 2.45) is 0 Å². The van der Waals surface area contributed by atoms with Crippen molar-refractivity contribution in [2.75, 3.05) is 25.0 Å². The van der Waals surface area contributed by atoms with E-state index in [0.29, 0.717) is 0 Å². The maximum Gasteiger partial charge on any atom is 0.241 e. The van der Waals surface area contributed by atoms with E-state index in [0.717, 1.165) is 44.7 Å². The zero-order chi connectivity index (χ0) is 15.1. The first-order chi connectivity index (χ1) is 10.2. The largest absolute Gasteiger partial charge is 0.325 e. The lowest BCUT2D eigenvalue weighted by Crippen LogP contribution is -2.43. The number of anilines is 1. The maximum atomic E-state index is 12.2. The van der Waals surface area contributed by atoms with Crippen molar-refractivity contribution >= 4 is 11.6 Å². The van der Waals surface area contributed by atoms with Gasteiger partial charge < -0.3 is 10.6 Å². The average molecular weight is 289 g/mol. The van der Waals surface area contributed by atoms with Crippen LogP contribution in [0.3, 0.4) is 0 Å². The van der Waals surface area contributed by atoms with Gasteiger partial charge in [-0.1, -0.05) is 32.4 Å². The number of rotatable bonds is 6. The Bertz CT molecular complexity index is 451. The van der Waals surface area contributed by atoms with E-state index in [1.165, 1.54) is 12.0 Å². The van der Waals surface area contributed by atoms with E-state index < -0.39 is 0 Å². The topological polar surface area (TPSA) is 44.4 Å². The van der Waals surface area contributed by atoms with Gasteiger partial charge >= 0.3 is 0 Å². The number of hydrogen-bond acceptors (Lipinski definition) is 3. The summed E-state index contributed by atoms with van der Waals surface area (Å²) < 4.78 is 0. The van der Waals surface area contributed by atoms with Crippen molar-refractivity contribution < 1.29 is 4.79 Å². The van der Waals surface area contributed by atoms with Crippen molar-refractivity contribution in [3.8, 4) is 0 Å². The molecular formula is C17H27N3O. The molecule has 21 heavy (non-hydrogen) atoms. The molecule has 1 aromatic carbocycles. The third-order valence-electron chi connectivity index (χ3n) is 4.12. The van der Waals surface area contributed by atoms with Gasteiger partial charge in [0.05, 0.1) is 6.04 Å². The van der Waals surface area contributed by atoms with Crippen LogP contribution in [0.1, 0.15) is 38.7 Å². The summed E-state index contributed by atoms with van der Waals surface area (Å²) in [6.45, 7) is 8.30. The monoisotopic (exact) mass is 289 g/mol. The van der Waals surface area contributed by atoms with Gasteiger partial charge in [0.25, 0.3) is 0 Å². The van der Waals surface area contributed by atoms with Crippen LogP contribution in [-0.4, -0.2) is 36.5 Å². The molecular weight excluding hydrogens is 262 g/mol. The van der Waals surface area contributed by atoms with Crippen LogP contribution in [0.2, 0.25) is 0 Å². The predicted molar refractivity (Wildman–Crippen MR) is 87.3 cm³/mol. The van der Waals surface area contributed by atoms with Gasteiger partial charge in [0.2, 0.25) is 5.91 Å². The van der Waals surface area contributed by atoms with Gasteiger partial charge in [0.1, 0.15) is 0 Å². The number of nitrogens with one attached hydrogen (secondary N) is 2. The molecule has 4 heteroatoms. The van der Waals surface area contributed by atoms with E-state index in [9.17, 15) is 4.79 Å². The molecule has 0 aromatic heterocycles. The molecule has 0 aliphatic carbocycles. The minimum Gasteiger partial charge on any atom is -0.325 e. The smallest absolute Gasteiger partial charge is 0.241 e. The van der Waals surface area contributed by atoms with Crippen LogP contribution in [0.15, 0.2) is 24.3 Å². The van der Waals surface area contributed by atoms with Crippen molar-refractivity contribution in [1.29, 1.82) is 0 Å². The van der Waals surface area contributed by atoms with Crippen LogP contribution in [-0.2, 0) is 11.3 Å². The lowest BCUT2D eigenvalue weighted by Gasteiger charge is -2.23. The molecule has 0 saturated carbocycles. The van der Waals surface area contributed by atoms with Gasteiger partial charge in [-0.15, -0.1) is 0 Å². The molecule has 1 atom stereocenters. The highest BCUT2D eigenvalue weighted by Gasteiger charge is 2.20. The zero-order valence-corrected chi connectivity index (χ0v) is 13.2. The fourth-order valence-corrected chi connectivity index (χ4v) is 2.76. The molecule has 1 saturated heterocycles. The Morgan fingerprint density at radius 1 is 1.33 bits per heavy atom. The van der Waals surface area contributed by atoms with E-state index >= 15 is 0 Å². The highest BCUT2D eigenvalue weighted by atomic mass is 16.2. The summed E-state index contributed by atoms with van der Waals surface area (Å²) in [6, 6.07) is 8.14. The van der Waals surface area contributed by atoms with Crippen LogP contribution in [0, 0.1) is 0 Å². The minimum atomic E-state index is -0.0369. The van der Waals surface area contributed by atoms with Crippen molar-refractivity contribution in [3.63, 3.8) is 0 Å². The lowest BCUT2D eigenvalue weighted by molar-refractivity contribution is -0.118. The van der Waals surface area contributed by atoms with E-state index in [1.54, 1.807) is 0 Å². The summed E-state index contributed by atoms with van der Waals surface area (Å²) in [5.41, 5.74) is 2.14. The molecule has 1 amide bonds. The number of carbonyl (C=O) groups excluding carboxylic acids is 1. The molecule has 116 valence electrons. The second-order valence-corrected chi connectivity index (χ2v) is 5.65. The lowest BCUT2D eigenvalue weighted by atomic mass is 10.0. The zero-order valence-electron chi connectivity index (χ0n) is 13.2. The molecule has 1 unspecified atom stereocenters. The Hall–Kier alpha value is -1.39.